The molecule has 0 amide bonds. The van der Waals surface area contributed by atoms with Crippen molar-refractivity contribution in [3.63, 3.8) is 0 Å². The second kappa shape index (κ2) is 3.36. The number of aromatic amines is 1. The number of imidazole rings is 1. The van der Waals surface area contributed by atoms with Crippen molar-refractivity contribution in [2.24, 2.45) is 0 Å². The molecule has 4 nitrogen and oxygen atoms in total. The summed E-state index contributed by atoms with van der Waals surface area (Å²) >= 11 is 6.63. The molecule has 72 valence electrons. The number of carbonyl (C=O) groups is 1. The van der Waals surface area contributed by atoms with Crippen LogP contribution in [0.3, 0.4) is 0 Å². The van der Waals surface area contributed by atoms with Crippen molar-refractivity contribution < 1.29 is 9.90 Å². The molecule has 0 atom stereocenters. The number of hydrogen-bond acceptors (Lipinski definition) is 2. The first-order valence-corrected chi connectivity index (χ1v) is 5.24. The van der Waals surface area contributed by atoms with Crippen molar-refractivity contribution in [3.05, 3.63) is 26.9 Å². The Bertz CT molecular complexity index is 482. The molecule has 0 fully saturated rings. The molecule has 0 saturated heterocycles. The van der Waals surface area contributed by atoms with Crippen LogP contribution < -0.4 is 0 Å². The number of fused-ring (bicyclic) bond motifs is 1. The summed E-state index contributed by atoms with van der Waals surface area (Å²) in [5, 5.41) is 8.71. The number of hydrogen-bond donors (Lipinski definition) is 2. The number of nitrogens with zero attached hydrogens (tertiary/aromatic N) is 1. The molecular weight excluding hydrogens is 316 g/mol. The van der Waals surface area contributed by atoms with E-state index in [1.54, 1.807) is 12.1 Å². The first-order valence-electron chi connectivity index (χ1n) is 3.66. The number of nitrogens with one attached hydrogen (secondary N) is 1. The summed E-state index contributed by atoms with van der Waals surface area (Å²) in [6.45, 7) is 0. The lowest BCUT2D eigenvalue weighted by molar-refractivity contribution is 0.0685. The summed E-state index contributed by atoms with van der Waals surface area (Å²) in [6, 6.07) is 3.53. The van der Waals surface area contributed by atoms with Gasteiger partial charge in [0.2, 0.25) is 5.82 Å². The minimum absolute atomic E-state index is 0.0509. The Kier molecular flexibility index (Phi) is 2.32. The quantitative estimate of drug-likeness (QED) is 0.849. The molecule has 2 aromatic rings. The molecule has 14 heavy (non-hydrogen) atoms. The predicted octanol–water partition coefficient (Wildman–Crippen LogP) is 2.79. The zero-order chi connectivity index (χ0) is 10.3. The smallest absolute Gasteiger partial charge is 0.371 e. The highest BCUT2D eigenvalue weighted by atomic mass is 79.9. The van der Waals surface area contributed by atoms with Crippen LogP contribution in [-0.2, 0) is 0 Å². The molecule has 1 aromatic carbocycles. The second-order valence-electron chi connectivity index (χ2n) is 2.67. The standard InChI is InChI=1S/C8H4Br2N2O2/c9-3-1-5-6(2-4(3)10)12-7(11-5)8(13)14/h1-2H,(H,11,12)(H,13,14). The van der Waals surface area contributed by atoms with Gasteiger partial charge >= 0.3 is 5.97 Å². The van der Waals surface area contributed by atoms with Gasteiger partial charge in [0.25, 0.3) is 0 Å². The van der Waals surface area contributed by atoms with Gasteiger partial charge < -0.3 is 10.1 Å². The summed E-state index contributed by atoms with van der Waals surface area (Å²) in [5.41, 5.74) is 1.31. The van der Waals surface area contributed by atoms with Gasteiger partial charge in [-0.25, -0.2) is 9.78 Å². The largest absolute Gasteiger partial charge is 0.475 e. The minimum Gasteiger partial charge on any atom is -0.475 e. The van der Waals surface area contributed by atoms with Gasteiger partial charge in [-0.05, 0) is 44.0 Å². The highest BCUT2D eigenvalue weighted by molar-refractivity contribution is 9.13. The lowest BCUT2D eigenvalue weighted by Crippen LogP contribution is -1.97. The third-order valence-corrected chi connectivity index (χ3v) is 3.57. The van der Waals surface area contributed by atoms with Gasteiger partial charge in [-0.1, -0.05) is 0 Å². The Hall–Kier alpha value is -0.880. The molecule has 1 heterocycles. The second-order valence-corrected chi connectivity index (χ2v) is 4.38. The maximum Gasteiger partial charge on any atom is 0.371 e. The van der Waals surface area contributed by atoms with Crippen molar-refractivity contribution in [1.82, 2.24) is 9.97 Å². The Morgan fingerprint density at radius 3 is 2.64 bits per heavy atom. The number of carboxylic acid groups (broad SMARTS) is 1. The minimum atomic E-state index is -1.06. The van der Waals surface area contributed by atoms with Crippen molar-refractivity contribution in [2.75, 3.05) is 0 Å². The van der Waals surface area contributed by atoms with E-state index in [1.807, 2.05) is 0 Å². The summed E-state index contributed by atoms with van der Waals surface area (Å²) in [4.78, 5) is 17.2. The number of carboxylic acids is 1. The molecule has 6 heteroatoms. The molecule has 0 radical (unpaired) electrons. The van der Waals surface area contributed by atoms with Crippen LogP contribution >= 0.6 is 31.9 Å². The molecule has 0 aliphatic rings. The van der Waals surface area contributed by atoms with E-state index in [-0.39, 0.29) is 5.82 Å². The molecule has 0 saturated carbocycles. The third kappa shape index (κ3) is 1.55. The van der Waals surface area contributed by atoms with E-state index in [9.17, 15) is 4.79 Å². The lowest BCUT2D eigenvalue weighted by atomic mass is 10.3. The fourth-order valence-electron chi connectivity index (χ4n) is 1.11. The molecule has 0 unspecified atom stereocenters. The number of rotatable bonds is 1. The van der Waals surface area contributed by atoms with Crippen LogP contribution in [0.2, 0.25) is 0 Å². The van der Waals surface area contributed by atoms with E-state index in [4.69, 9.17) is 5.11 Å². The van der Waals surface area contributed by atoms with Gasteiger partial charge in [-0.2, -0.15) is 0 Å². The number of H-pyrrole nitrogens is 1. The van der Waals surface area contributed by atoms with Gasteiger partial charge in [-0.3, -0.25) is 0 Å². The third-order valence-electron chi connectivity index (χ3n) is 1.73. The number of aromatic carboxylic acids is 1. The van der Waals surface area contributed by atoms with Crippen molar-refractivity contribution in [1.29, 1.82) is 0 Å². The summed E-state index contributed by atoms with van der Waals surface area (Å²) in [6.07, 6.45) is 0. The van der Waals surface area contributed by atoms with E-state index in [1.165, 1.54) is 0 Å². The maximum atomic E-state index is 10.6. The van der Waals surface area contributed by atoms with Crippen molar-refractivity contribution in [3.8, 4) is 0 Å². The zero-order valence-electron chi connectivity index (χ0n) is 6.71. The summed E-state index contributed by atoms with van der Waals surface area (Å²) in [5.74, 6) is -1.11. The van der Waals surface area contributed by atoms with Crippen LogP contribution in [0.15, 0.2) is 21.1 Å². The van der Waals surface area contributed by atoms with Gasteiger partial charge in [-0.15, -0.1) is 0 Å². The lowest BCUT2D eigenvalue weighted by Gasteiger charge is -1.93. The highest BCUT2D eigenvalue weighted by Crippen LogP contribution is 2.27. The molecule has 0 spiro atoms. The molecule has 0 aliphatic heterocycles. The Balaban J connectivity index is 2.72. The molecule has 0 aliphatic carbocycles. The zero-order valence-corrected chi connectivity index (χ0v) is 9.89. The first kappa shape index (κ1) is 9.67. The van der Waals surface area contributed by atoms with Gasteiger partial charge in [0.05, 0.1) is 11.0 Å². The van der Waals surface area contributed by atoms with E-state index in [2.05, 4.69) is 41.8 Å². The molecule has 2 rings (SSSR count). The molecule has 1 aromatic heterocycles. The Morgan fingerprint density at radius 2 is 2.00 bits per heavy atom. The average molecular weight is 320 g/mol. The average Bonchev–Trinajstić information content (AvgIpc) is 2.48. The van der Waals surface area contributed by atoms with Crippen molar-refractivity contribution in [2.45, 2.75) is 0 Å². The fraction of sp³-hybridized carbons (Fsp3) is 0. The number of benzene rings is 1. The number of halogens is 2. The molecule has 0 bridgehead atoms. The van der Waals surface area contributed by atoms with Crippen LogP contribution in [0.1, 0.15) is 10.6 Å². The summed E-state index contributed by atoms with van der Waals surface area (Å²) < 4.78 is 1.69. The van der Waals surface area contributed by atoms with Crippen LogP contribution in [0.25, 0.3) is 11.0 Å². The fourth-order valence-corrected chi connectivity index (χ4v) is 1.78. The predicted molar refractivity (Wildman–Crippen MR) is 58.5 cm³/mol. The normalized spacial score (nSPS) is 10.7. The summed E-state index contributed by atoms with van der Waals surface area (Å²) in [7, 11) is 0. The van der Waals surface area contributed by atoms with Crippen molar-refractivity contribution >= 4 is 48.9 Å². The number of aromatic nitrogens is 2. The van der Waals surface area contributed by atoms with E-state index in [0.717, 1.165) is 8.95 Å². The van der Waals surface area contributed by atoms with Crippen LogP contribution in [0, 0.1) is 0 Å². The molecule has 2 N–H and O–H groups in total. The highest BCUT2D eigenvalue weighted by Gasteiger charge is 2.10. The Labute approximate surface area is 95.6 Å². The van der Waals surface area contributed by atoms with Crippen LogP contribution in [-0.4, -0.2) is 21.0 Å². The van der Waals surface area contributed by atoms with E-state index >= 15 is 0 Å². The van der Waals surface area contributed by atoms with Gasteiger partial charge in [0, 0.05) is 8.95 Å². The monoisotopic (exact) mass is 318 g/mol. The maximum absolute atomic E-state index is 10.6. The first-order chi connectivity index (χ1) is 6.58. The van der Waals surface area contributed by atoms with Gasteiger partial charge in [0.15, 0.2) is 0 Å². The van der Waals surface area contributed by atoms with Crippen LogP contribution in [0.4, 0.5) is 0 Å². The van der Waals surface area contributed by atoms with Crippen LogP contribution in [0.5, 0.6) is 0 Å². The topological polar surface area (TPSA) is 66.0 Å². The van der Waals surface area contributed by atoms with E-state index < -0.39 is 5.97 Å². The SMILES string of the molecule is O=C(O)c1nc2cc(Br)c(Br)cc2[nH]1. The molecular formula is C8H4Br2N2O2. The van der Waals surface area contributed by atoms with E-state index in [0.29, 0.717) is 11.0 Å². The Morgan fingerprint density at radius 1 is 1.36 bits per heavy atom. The van der Waals surface area contributed by atoms with Gasteiger partial charge in [0.1, 0.15) is 0 Å².